The van der Waals surface area contributed by atoms with E-state index in [1.54, 1.807) is 0 Å². The zero-order chi connectivity index (χ0) is 49.3. The van der Waals surface area contributed by atoms with Crippen LogP contribution in [0.15, 0.2) is 60.8 Å². The molecule has 6 heteroatoms. The average molecular weight is 952 g/mol. The second-order valence-electron chi connectivity index (χ2n) is 19.6. The normalized spacial score (nSPS) is 12.5. The summed E-state index contributed by atoms with van der Waals surface area (Å²) in [5.41, 5.74) is 0. The molecule has 0 aromatic carbocycles. The summed E-state index contributed by atoms with van der Waals surface area (Å²) in [7, 11) is 0. The summed E-state index contributed by atoms with van der Waals surface area (Å²) >= 11 is 0. The Kier molecular flexibility index (Phi) is 54.3. The van der Waals surface area contributed by atoms with Gasteiger partial charge in [-0.2, -0.15) is 0 Å². The SMILES string of the molecule is CCCC/C=C/C/C=C/CCCCCCCC(=O)OC[C@H](COC(=O)CCCCCCCCCCCCCCCCCCCCC)OC(=O)CCCCCC/C=C/C/C=C/C/C=C/CCCCC. The first-order valence-corrected chi connectivity index (χ1v) is 29.3. The van der Waals surface area contributed by atoms with Gasteiger partial charge in [-0.3, -0.25) is 14.4 Å². The van der Waals surface area contributed by atoms with Crippen molar-refractivity contribution >= 4 is 17.9 Å². The van der Waals surface area contributed by atoms with E-state index in [4.69, 9.17) is 14.2 Å². The van der Waals surface area contributed by atoms with Crippen LogP contribution in [0.25, 0.3) is 0 Å². The van der Waals surface area contributed by atoms with Crippen LogP contribution < -0.4 is 0 Å². The van der Waals surface area contributed by atoms with Gasteiger partial charge in [0.25, 0.3) is 0 Å². The second kappa shape index (κ2) is 56.7. The third-order valence-corrected chi connectivity index (χ3v) is 12.7. The Labute approximate surface area is 421 Å². The quantitative estimate of drug-likeness (QED) is 0.0262. The van der Waals surface area contributed by atoms with Crippen molar-refractivity contribution in [2.24, 2.45) is 0 Å². The van der Waals surface area contributed by atoms with Crippen LogP contribution in [-0.4, -0.2) is 37.2 Å². The minimum Gasteiger partial charge on any atom is -0.462 e. The fourth-order valence-electron chi connectivity index (χ4n) is 8.29. The lowest BCUT2D eigenvalue weighted by Gasteiger charge is -2.18. The second-order valence-corrected chi connectivity index (χ2v) is 19.6. The standard InChI is InChI=1S/C62H110O6/c1-4-7-10-13-16-19-22-25-28-30-31-33-34-37-40-43-46-49-52-55-61(64)67-58-59(57-66-60(63)54-51-48-45-42-39-36-27-24-21-18-15-12-9-6-3)68-62(65)56-53-50-47-44-41-38-35-32-29-26-23-20-17-14-11-8-5-2/h15,17-18,20,24,26-27,29,35,38,59H,4-14,16,19,21-23,25,28,30-34,36-37,39-58H2,1-3H3/b18-15+,20-17+,27-24+,29-26+,38-35+/t59-/m1/s1. The lowest BCUT2D eigenvalue weighted by Crippen LogP contribution is -2.30. The minimum atomic E-state index is -0.790. The van der Waals surface area contributed by atoms with Crippen LogP contribution in [0.4, 0.5) is 0 Å². The number of ether oxygens (including phenoxy) is 3. The molecule has 0 fully saturated rings. The fraction of sp³-hybridized carbons (Fsp3) is 0.790. The van der Waals surface area contributed by atoms with Gasteiger partial charge < -0.3 is 14.2 Å². The molecule has 0 heterocycles. The molecule has 0 rings (SSSR count). The summed E-state index contributed by atoms with van der Waals surface area (Å²) in [6.45, 7) is 6.57. The number of unbranched alkanes of at least 4 members (excludes halogenated alkanes) is 32. The summed E-state index contributed by atoms with van der Waals surface area (Å²) in [6, 6.07) is 0. The van der Waals surface area contributed by atoms with Crippen LogP contribution >= 0.6 is 0 Å². The Morgan fingerprint density at radius 3 is 0.897 bits per heavy atom. The molecule has 0 saturated heterocycles. The van der Waals surface area contributed by atoms with Gasteiger partial charge in [0.15, 0.2) is 6.10 Å². The van der Waals surface area contributed by atoms with Crippen LogP contribution in [0.5, 0.6) is 0 Å². The summed E-state index contributed by atoms with van der Waals surface area (Å²) in [6.07, 6.45) is 70.7. The Morgan fingerprint density at radius 1 is 0.294 bits per heavy atom. The van der Waals surface area contributed by atoms with E-state index in [1.165, 1.54) is 154 Å². The summed E-state index contributed by atoms with van der Waals surface area (Å²) in [4.78, 5) is 38.2. The van der Waals surface area contributed by atoms with E-state index in [0.717, 1.165) is 103 Å². The molecule has 0 aromatic heterocycles. The van der Waals surface area contributed by atoms with Gasteiger partial charge in [0.1, 0.15) is 13.2 Å². The third kappa shape index (κ3) is 54.1. The van der Waals surface area contributed by atoms with Crippen LogP contribution in [0.1, 0.15) is 297 Å². The van der Waals surface area contributed by atoms with Gasteiger partial charge in [0, 0.05) is 19.3 Å². The van der Waals surface area contributed by atoms with Crippen LogP contribution in [0.2, 0.25) is 0 Å². The molecule has 0 amide bonds. The molecule has 0 saturated carbocycles. The Morgan fingerprint density at radius 2 is 0.544 bits per heavy atom. The van der Waals surface area contributed by atoms with Crippen molar-refractivity contribution in [3.8, 4) is 0 Å². The molecule has 6 nitrogen and oxygen atoms in total. The van der Waals surface area contributed by atoms with E-state index in [2.05, 4.69) is 81.5 Å². The average Bonchev–Trinajstić information content (AvgIpc) is 3.34. The maximum atomic E-state index is 12.9. The van der Waals surface area contributed by atoms with Crippen molar-refractivity contribution in [3.63, 3.8) is 0 Å². The Balaban J connectivity index is 4.39. The number of hydrogen-bond donors (Lipinski definition) is 0. The molecule has 0 aliphatic rings. The molecular formula is C62H110O6. The van der Waals surface area contributed by atoms with E-state index >= 15 is 0 Å². The Hall–Kier alpha value is -2.89. The van der Waals surface area contributed by atoms with E-state index in [0.29, 0.717) is 19.3 Å². The third-order valence-electron chi connectivity index (χ3n) is 12.7. The van der Waals surface area contributed by atoms with Gasteiger partial charge >= 0.3 is 17.9 Å². The molecule has 0 bridgehead atoms. The molecule has 68 heavy (non-hydrogen) atoms. The summed E-state index contributed by atoms with van der Waals surface area (Å²) in [5, 5.41) is 0. The smallest absolute Gasteiger partial charge is 0.306 e. The molecule has 0 N–H and O–H groups in total. The first-order valence-electron chi connectivity index (χ1n) is 29.3. The monoisotopic (exact) mass is 951 g/mol. The summed E-state index contributed by atoms with van der Waals surface area (Å²) < 4.78 is 16.9. The molecule has 0 radical (unpaired) electrons. The number of allylic oxidation sites excluding steroid dienone is 10. The molecule has 0 aromatic rings. The maximum absolute atomic E-state index is 12.9. The summed E-state index contributed by atoms with van der Waals surface area (Å²) in [5.74, 6) is -0.909. The number of carbonyl (C=O) groups is 3. The highest BCUT2D eigenvalue weighted by atomic mass is 16.6. The van der Waals surface area contributed by atoms with Gasteiger partial charge in [-0.05, 0) is 83.5 Å². The van der Waals surface area contributed by atoms with Crippen molar-refractivity contribution in [2.75, 3.05) is 13.2 Å². The van der Waals surface area contributed by atoms with Crippen molar-refractivity contribution in [1.29, 1.82) is 0 Å². The van der Waals surface area contributed by atoms with E-state index < -0.39 is 6.10 Å². The fourth-order valence-corrected chi connectivity index (χ4v) is 8.29. The zero-order valence-corrected chi connectivity index (χ0v) is 45.1. The highest BCUT2D eigenvalue weighted by Crippen LogP contribution is 2.16. The number of carbonyl (C=O) groups excluding carboxylic acids is 3. The highest BCUT2D eigenvalue weighted by Gasteiger charge is 2.19. The van der Waals surface area contributed by atoms with Crippen LogP contribution in [-0.2, 0) is 28.6 Å². The van der Waals surface area contributed by atoms with E-state index in [9.17, 15) is 14.4 Å². The molecule has 0 aliphatic heterocycles. The van der Waals surface area contributed by atoms with Crippen molar-refractivity contribution < 1.29 is 28.6 Å². The van der Waals surface area contributed by atoms with Crippen molar-refractivity contribution in [2.45, 2.75) is 303 Å². The largest absolute Gasteiger partial charge is 0.462 e. The van der Waals surface area contributed by atoms with Crippen molar-refractivity contribution in [3.05, 3.63) is 60.8 Å². The molecular weight excluding hydrogens is 841 g/mol. The van der Waals surface area contributed by atoms with Crippen molar-refractivity contribution in [1.82, 2.24) is 0 Å². The highest BCUT2D eigenvalue weighted by molar-refractivity contribution is 5.71. The number of esters is 3. The Bertz CT molecular complexity index is 1230. The lowest BCUT2D eigenvalue weighted by atomic mass is 10.0. The van der Waals surface area contributed by atoms with Gasteiger partial charge in [0.2, 0.25) is 0 Å². The topological polar surface area (TPSA) is 78.9 Å². The van der Waals surface area contributed by atoms with Gasteiger partial charge in [-0.15, -0.1) is 0 Å². The lowest BCUT2D eigenvalue weighted by molar-refractivity contribution is -0.167. The van der Waals surface area contributed by atoms with Crippen LogP contribution in [0, 0.1) is 0 Å². The predicted octanol–water partition coefficient (Wildman–Crippen LogP) is 19.6. The zero-order valence-electron chi connectivity index (χ0n) is 45.1. The van der Waals surface area contributed by atoms with Gasteiger partial charge in [0.05, 0.1) is 0 Å². The first kappa shape index (κ1) is 65.1. The first-order chi connectivity index (χ1) is 33.5. The molecule has 1 atom stereocenters. The molecule has 0 aliphatic carbocycles. The molecule has 0 unspecified atom stereocenters. The van der Waals surface area contributed by atoms with Crippen LogP contribution in [0.3, 0.4) is 0 Å². The van der Waals surface area contributed by atoms with Gasteiger partial charge in [-0.25, -0.2) is 0 Å². The van der Waals surface area contributed by atoms with Gasteiger partial charge in [-0.1, -0.05) is 255 Å². The minimum absolute atomic E-state index is 0.0855. The number of rotatable bonds is 53. The maximum Gasteiger partial charge on any atom is 0.306 e. The van der Waals surface area contributed by atoms with E-state index in [1.807, 2.05) is 0 Å². The molecule has 394 valence electrons. The molecule has 0 spiro atoms. The van der Waals surface area contributed by atoms with E-state index in [-0.39, 0.29) is 31.1 Å². The number of hydrogen-bond acceptors (Lipinski definition) is 6. The predicted molar refractivity (Wildman–Crippen MR) is 293 cm³/mol.